The van der Waals surface area contributed by atoms with Crippen molar-refractivity contribution in [1.82, 2.24) is 4.31 Å². The van der Waals surface area contributed by atoms with Gasteiger partial charge in [0.2, 0.25) is 10.0 Å². The molecule has 0 radical (unpaired) electrons. The lowest BCUT2D eigenvalue weighted by Crippen LogP contribution is -2.35. The highest BCUT2D eigenvalue weighted by Gasteiger charge is 2.25. The number of nitrogens with zero attached hydrogens (tertiary/aromatic N) is 1. The monoisotopic (exact) mass is 249 g/mol. The Bertz CT molecular complexity index is 520. The second-order valence-corrected chi connectivity index (χ2v) is 6.07. The molecule has 0 aliphatic carbocycles. The summed E-state index contributed by atoms with van der Waals surface area (Å²) in [5.74, 6) is 2.48. The van der Waals surface area contributed by atoms with Gasteiger partial charge in [0.1, 0.15) is 0 Å². The molecule has 0 saturated carbocycles. The van der Waals surface area contributed by atoms with Crippen molar-refractivity contribution in [3.8, 4) is 12.3 Å². The highest BCUT2D eigenvalue weighted by atomic mass is 32.2. The Balaban J connectivity index is 2.27. The number of terminal acetylenes is 1. The lowest BCUT2D eigenvalue weighted by molar-refractivity contribution is 0.346. The van der Waals surface area contributed by atoms with Crippen LogP contribution in [0.15, 0.2) is 29.2 Å². The quantitative estimate of drug-likeness (QED) is 0.750. The van der Waals surface area contributed by atoms with Crippen LogP contribution in [0.3, 0.4) is 0 Å². The van der Waals surface area contributed by atoms with Crippen LogP contribution in [0.4, 0.5) is 0 Å². The molecule has 1 aromatic rings. The third-order valence-electron chi connectivity index (χ3n) is 2.97. The molecule has 0 bridgehead atoms. The fraction of sp³-hybridized carbons (Fsp3) is 0.385. The maximum absolute atomic E-state index is 12.3. The minimum absolute atomic E-state index is 0.332. The minimum atomic E-state index is -3.32. The highest BCUT2D eigenvalue weighted by Crippen LogP contribution is 2.20. The Labute approximate surface area is 103 Å². The van der Waals surface area contributed by atoms with Gasteiger partial charge < -0.3 is 0 Å². The van der Waals surface area contributed by atoms with E-state index in [4.69, 9.17) is 6.42 Å². The van der Waals surface area contributed by atoms with Crippen LogP contribution in [0.2, 0.25) is 0 Å². The van der Waals surface area contributed by atoms with E-state index in [1.165, 1.54) is 0 Å². The van der Waals surface area contributed by atoms with E-state index < -0.39 is 10.0 Å². The SMILES string of the molecule is C#Cc1ccc(S(=O)(=O)N2CCCCC2)cc1. The summed E-state index contributed by atoms with van der Waals surface area (Å²) in [5.41, 5.74) is 0.697. The third kappa shape index (κ3) is 2.51. The smallest absolute Gasteiger partial charge is 0.207 e. The van der Waals surface area contributed by atoms with Crippen LogP contribution in [0, 0.1) is 12.3 Å². The molecule has 2 rings (SSSR count). The minimum Gasteiger partial charge on any atom is -0.207 e. The van der Waals surface area contributed by atoms with E-state index in [0.717, 1.165) is 19.3 Å². The number of hydrogen-bond donors (Lipinski definition) is 0. The van der Waals surface area contributed by atoms with Gasteiger partial charge in [0.05, 0.1) is 4.90 Å². The number of benzene rings is 1. The van der Waals surface area contributed by atoms with Gasteiger partial charge in [0, 0.05) is 18.7 Å². The maximum atomic E-state index is 12.3. The van der Waals surface area contributed by atoms with Crippen molar-refractivity contribution in [1.29, 1.82) is 0 Å². The van der Waals surface area contributed by atoms with E-state index in [9.17, 15) is 8.42 Å². The first-order valence-corrected chi connectivity index (χ1v) is 7.15. The topological polar surface area (TPSA) is 37.4 Å². The highest BCUT2D eigenvalue weighted by molar-refractivity contribution is 7.89. The molecule has 1 aliphatic rings. The van der Waals surface area contributed by atoms with E-state index in [1.54, 1.807) is 28.6 Å². The first kappa shape index (κ1) is 12.2. The van der Waals surface area contributed by atoms with Gasteiger partial charge in [-0.05, 0) is 37.1 Å². The van der Waals surface area contributed by atoms with E-state index in [1.807, 2.05) is 0 Å². The average Bonchev–Trinajstić information content (AvgIpc) is 2.40. The normalized spacial score (nSPS) is 17.6. The van der Waals surface area contributed by atoms with E-state index >= 15 is 0 Å². The molecule has 90 valence electrons. The summed E-state index contributed by atoms with van der Waals surface area (Å²) in [6, 6.07) is 6.49. The standard InChI is InChI=1S/C13H15NO2S/c1-2-12-6-8-13(9-7-12)17(15,16)14-10-4-3-5-11-14/h1,6-9H,3-5,10-11H2. The van der Waals surface area contributed by atoms with E-state index in [-0.39, 0.29) is 0 Å². The molecule has 1 aromatic carbocycles. The Morgan fingerprint density at radius 1 is 1.06 bits per heavy atom. The lowest BCUT2D eigenvalue weighted by Gasteiger charge is -2.25. The molecule has 3 nitrogen and oxygen atoms in total. The van der Waals surface area contributed by atoms with Gasteiger partial charge in [-0.3, -0.25) is 0 Å². The maximum Gasteiger partial charge on any atom is 0.243 e. The number of rotatable bonds is 2. The molecule has 1 saturated heterocycles. The zero-order valence-corrected chi connectivity index (χ0v) is 10.4. The van der Waals surface area contributed by atoms with Crippen molar-refractivity contribution >= 4 is 10.0 Å². The zero-order chi connectivity index (χ0) is 12.3. The molecule has 1 fully saturated rings. The second-order valence-electron chi connectivity index (χ2n) is 4.13. The predicted molar refractivity (Wildman–Crippen MR) is 67.0 cm³/mol. The first-order valence-electron chi connectivity index (χ1n) is 5.71. The summed E-state index contributed by atoms with van der Waals surface area (Å²) in [6.45, 7) is 1.25. The van der Waals surface area contributed by atoms with Crippen LogP contribution in [0.25, 0.3) is 0 Å². The number of sulfonamides is 1. The molecular formula is C13H15NO2S. The second kappa shape index (κ2) is 4.91. The number of hydrogen-bond acceptors (Lipinski definition) is 2. The third-order valence-corrected chi connectivity index (χ3v) is 4.89. The van der Waals surface area contributed by atoms with E-state index in [0.29, 0.717) is 23.5 Å². The van der Waals surface area contributed by atoms with Gasteiger partial charge in [-0.25, -0.2) is 8.42 Å². The molecule has 0 atom stereocenters. The zero-order valence-electron chi connectivity index (χ0n) is 9.59. The Hall–Kier alpha value is -1.31. The number of piperidine rings is 1. The average molecular weight is 249 g/mol. The first-order chi connectivity index (χ1) is 8.14. The van der Waals surface area contributed by atoms with Gasteiger partial charge >= 0.3 is 0 Å². The summed E-state index contributed by atoms with van der Waals surface area (Å²) >= 11 is 0. The molecule has 1 aliphatic heterocycles. The van der Waals surface area contributed by atoms with Crippen molar-refractivity contribution in [2.24, 2.45) is 0 Å². The van der Waals surface area contributed by atoms with Crippen molar-refractivity contribution in [2.45, 2.75) is 24.2 Å². The molecule has 0 spiro atoms. The van der Waals surface area contributed by atoms with Gasteiger partial charge in [0.25, 0.3) is 0 Å². The molecular weight excluding hydrogens is 234 g/mol. The van der Waals surface area contributed by atoms with E-state index in [2.05, 4.69) is 5.92 Å². The fourth-order valence-electron chi connectivity index (χ4n) is 1.98. The molecule has 1 heterocycles. The van der Waals surface area contributed by atoms with Crippen molar-refractivity contribution < 1.29 is 8.42 Å². The molecule has 0 amide bonds. The summed E-state index contributed by atoms with van der Waals surface area (Å²) in [5, 5.41) is 0. The lowest BCUT2D eigenvalue weighted by atomic mass is 10.2. The molecule has 0 aromatic heterocycles. The van der Waals surface area contributed by atoms with Crippen LogP contribution in [0.1, 0.15) is 24.8 Å². The Morgan fingerprint density at radius 3 is 2.18 bits per heavy atom. The van der Waals surface area contributed by atoms with Crippen molar-refractivity contribution in [3.05, 3.63) is 29.8 Å². The van der Waals surface area contributed by atoms with Crippen LogP contribution < -0.4 is 0 Å². The van der Waals surface area contributed by atoms with Gasteiger partial charge in [-0.15, -0.1) is 6.42 Å². The fourth-order valence-corrected chi connectivity index (χ4v) is 3.49. The summed E-state index contributed by atoms with van der Waals surface area (Å²) in [6.07, 6.45) is 8.25. The van der Waals surface area contributed by atoms with Crippen LogP contribution in [-0.4, -0.2) is 25.8 Å². The van der Waals surface area contributed by atoms with Crippen LogP contribution in [0.5, 0.6) is 0 Å². The van der Waals surface area contributed by atoms with Crippen LogP contribution in [-0.2, 0) is 10.0 Å². The van der Waals surface area contributed by atoms with Gasteiger partial charge in [-0.1, -0.05) is 12.3 Å². The molecule has 0 unspecified atom stereocenters. The summed E-state index contributed by atoms with van der Waals surface area (Å²) in [4.78, 5) is 0.332. The van der Waals surface area contributed by atoms with Gasteiger partial charge in [0.15, 0.2) is 0 Å². The Kier molecular flexibility index (Phi) is 3.51. The Morgan fingerprint density at radius 2 is 1.65 bits per heavy atom. The molecule has 4 heteroatoms. The summed E-state index contributed by atoms with van der Waals surface area (Å²) in [7, 11) is -3.32. The predicted octanol–water partition coefficient (Wildman–Crippen LogP) is 1.84. The van der Waals surface area contributed by atoms with Gasteiger partial charge in [-0.2, -0.15) is 4.31 Å². The summed E-state index contributed by atoms with van der Waals surface area (Å²) < 4.78 is 26.1. The van der Waals surface area contributed by atoms with Crippen molar-refractivity contribution in [3.63, 3.8) is 0 Å². The largest absolute Gasteiger partial charge is 0.243 e. The van der Waals surface area contributed by atoms with Crippen molar-refractivity contribution in [2.75, 3.05) is 13.1 Å². The molecule has 0 N–H and O–H groups in total. The van der Waals surface area contributed by atoms with Crippen LogP contribution >= 0.6 is 0 Å². The molecule has 17 heavy (non-hydrogen) atoms.